The van der Waals surface area contributed by atoms with E-state index in [1.807, 2.05) is 7.05 Å². The van der Waals surface area contributed by atoms with Gasteiger partial charge in [-0.2, -0.15) is 0 Å². The van der Waals surface area contributed by atoms with Crippen molar-refractivity contribution < 1.29 is 9.53 Å². The number of likely N-dealkylation sites (tertiary alicyclic amines) is 1. The molecule has 0 atom stereocenters. The van der Waals surface area contributed by atoms with E-state index in [0.29, 0.717) is 0 Å². The average Bonchev–Trinajstić information content (AvgIpc) is 2.60. The third-order valence-electron chi connectivity index (χ3n) is 4.72. The molecule has 2 rings (SSSR count). The number of guanidine groups is 1. The summed E-state index contributed by atoms with van der Waals surface area (Å²) in [6.07, 6.45) is 2.62. The highest BCUT2D eigenvalue weighted by molar-refractivity contribution is 14.0. The van der Waals surface area contributed by atoms with Crippen LogP contribution >= 0.6 is 24.0 Å². The SMILES string of the molecule is CN=C(NCCc1ccc(C)cc1C)N1CCC(C(=O)OC)CC1.I. The van der Waals surface area contributed by atoms with Crippen molar-refractivity contribution in [3.05, 3.63) is 34.9 Å². The Hall–Kier alpha value is -1.31. The third-order valence-corrected chi connectivity index (χ3v) is 4.72. The smallest absolute Gasteiger partial charge is 0.308 e. The molecule has 0 radical (unpaired) electrons. The molecule has 1 N–H and O–H groups in total. The highest BCUT2D eigenvalue weighted by Gasteiger charge is 2.26. The number of nitrogens with one attached hydrogen (secondary N) is 1. The van der Waals surface area contributed by atoms with E-state index in [2.05, 4.69) is 47.3 Å². The molecule has 140 valence electrons. The van der Waals surface area contributed by atoms with Crippen LogP contribution in [0.3, 0.4) is 0 Å². The second-order valence-electron chi connectivity index (χ2n) is 6.44. The molecule has 1 heterocycles. The van der Waals surface area contributed by atoms with Gasteiger partial charge >= 0.3 is 5.97 Å². The molecular weight excluding hydrogens is 429 g/mol. The van der Waals surface area contributed by atoms with Gasteiger partial charge in [0.25, 0.3) is 0 Å². The Morgan fingerprint density at radius 3 is 2.56 bits per heavy atom. The maximum Gasteiger partial charge on any atom is 0.308 e. The minimum Gasteiger partial charge on any atom is -0.469 e. The second-order valence-corrected chi connectivity index (χ2v) is 6.44. The number of esters is 1. The molecule has 0 saturated carbocycles. The number of hydrogen-bond donors (Lipinski definition) is 1. The summed E-state index contributed by atoms with van der Waals surface area (Å²) < 4.78 is 4.84. The van der Waals surface area contributed by atoms with Gasteiger partial charge in [0.1, 0.15) is 0 Å². The minimum absolute atomic E-state index is 0. The molecule has 0 bridgehead atoms. The molecule has 1 aliphatic heterocycles. The summed E-state index contributed by atoms with van der Waals surface area (Å²) >= 11 is 0. The first-order valence-electron chi connectivity index (χ1n) is 8.64. The molecular formula is C19H30IN3O2. The number of aliphatic imine (C=N–C) groups is 1. The first-order valence-corrected chi connectivity index (χ1v) is 8.64. The number of methoxy groups -OCH3 is 1. The molecule has 1 aromatic rings. The van der Waals surface area contributed by atoms with Gasteiger partial charge in [0.15, 0.2) is 5.96 Å². The Bertz CT molecular complexity index is 596. The maximum atomic E-state index is 11.6. The number of ether oxygens (including phenoxy) is 1. The Labute approximate surface area is 168 Å². The zero-order valence-electron chi connectivity index (χ0n) is 15.7. The summed E-state index contributed by atoms with van der Waals surface area (Å²) in [6.45, 7) is 6.81. The lowest BCUT2D eigenvalue weighted by Crippen LogP contribution is -2.47. The summed E-state index contributed by atoms with van der Waals surface area (Å²) in [6, 6.07) is 6.59. The molecule has 1 aliphatic rings. The Balaban J connectivity index is 0.00000312. The number of rotatable bonds is 4. The van der Waals surface area contributed by atoms with E-state index >= 15 is 0 Å². The van der Waals surface area contributed by atoms with Gasteiger partial charge in [-0.05, 0) is 44.2 Å². The molecule has 0 unspecified atom stereocenters. The summed E-state index contributed by atoms with van der Waals surface area (Å²) in [5, 5.41) is 3.45. The first-order chi connectivity index (χ1) is 11.5. The van der Waals surface area contributed by atoms with Crippen molar-refractivity contribution in [2.24, 2.45) is 10.9 Å². The number of nitrogens with zero attached hydrogens (tertiary/aromatic N) is 2. The lowest BCUT2D eigenvalue weighted by Gasteiger charge is -2.33. The maximum absolute atomic E-state index is 11.6. The predicted octanol–water partition coefficient (Wildman–Crippen LogP) is 2.92. The van der Waals surface area contributed by atoms with Gasteiger partial charge in [-0.3, -0.25) is 9.79 Å². The molecule has 6 heteroatoms. The van der Waals surface area contributed by atoms with Gasteiger partial charge in [0, 0.05) is 26.7 Å². The van der Waals surface area contributed by atoms with Crippen LogP contribution in [-0.4, -0.2) is 50.6 Å². The van der Waals surface area contributed by atoms with Crippen molar-refractivity contribution >= 4 is 35.9 Å². The van der Waals surface area contributed by atoms with Crippen molar-refractivity contribution in [1.82, 2.24) is 10.2 Å². The van der Waals surface area contributed by atoms with Crippen molar-refractivity contribution in [2.75, 3.05) is 33.8 Å². The highest BCUT2D eigenvalue weighted by atomic mass is 127. The van der Waals surface area contributed by atoms with Crippen LogP contribution in [0.2, 0.25) is 0 Å². The number of carbonyl (C=O) groups excluding carboxylic acids is 1. The quantitative estimate of drug-likeness (QED) is 0.326. The van der Waals surface area contributed by atoms with E-state index in [0.717, 1.165) is 44.9 Å². The molecule has 1 fully saturated rings. The van der Waals surface area contributed by atoms with Gasteiger partial charge in [0.2, 0.25) is 0 Å². The van der Waals surface area contributed by atoms with E-state index in [4.69, 9.17) is 4.74 Å². The molecule has 0 aromatic heterocycles. The van der Waals surface area contributed by atoms with E-state index in [-0.39, 0.29) is 35.9 Å². The molecule has 25 heavy (non-hydrogen) atoms. The van der Waals surface area contributed by atoms with Crippen LogP contribution in [0.1, 0.15) is 29.5 Å². The molecule has 0 spiro atoms. The molecule has 1 aromatic carbocycles. The van der Waals surface area contributed by atoms with Crippen LogP contribution in [0.15, 0.2) is 23.2 Å². The van der Waals surface area contributed by atoms with Crippen LogP contribution in [0, 0.1) is 19.8 Å². The number of hydrogen-bond acceptors (Lipinski definition) is 3. The zero-order valence-corrected chi connectivity index (χ0v) is 18.0. The fourth-order valence-electron chi connectivity index (χ4n) is 3.26. The van der Waals surface area contributed by atoms with Crippen LogP contribution in [0.5, 0.6) is 0 Å². The normalized spacial score (nSPS) is 15.5. The summed E-state index contributed by atoms with van der Waals surface area (Å²) in [5.74, 6) is 0.857. The minimum atomic E-state index is -0.0903. The summed E-state index contributed by atoms with van der Waals surface area (Å²) in [7, 11) is 3.27. The fourth-order valence-corrected chi connectivity index (χ4v) is 3.26. The standard InChI is InChI=1S/C19H29N3O2.HI/c1-14-5-6-16(15(2)13-14)7-10-21-19(20-3)22-11-8-17(9-12-22)18(23)24-4;/h5-6,13,17H,7-12H2,1-4H3,(H,20,21);1H. The molecule has 5 nitrogen and oxygen atoms in total. The number of halogens is 1. The first kappa shape index (κ1) is 21.7. The van der Waals surface area contributed by atoms with Crippen LogP contribution in [-0.2, 0) is 16.0 Å². The van der Waals surface area contributed by atoms with Crippen molar-refractivity contribution in [3.63, 3.8) is 0 Å². The zero-order chi connectivity index (χ0) is 17.5. The van der Waals surface area contributed by atoms with Gasteiger partial charge in [-0.25, -0.2) is 0 Å². The molecule has 0 aliphatic carbocycles. The number of benzene rings is 1. The topological polar surface area (TPSA) is 53.9 Å². The Kier molecular flexibility index (Phi) is 9.24. The van der Waals surface area contributed by atoms with Gasteiger partial charge in [-0.15, -0.1) is 24.0 Å². The second kappa shape index (κ2) is 10.6. The Morgan fingerprint density at radius 1 is 1.32 bits per heavy atom. The largest absolute Gasteiger partial charge is 0.469 e. The monoisotopic (exact) mass is 459 g/mol. The fraction of sp³-hybridized carbons (Fsp3) is 0.579. The van der Waals surface area contributed by atoms with E-state index in [9.17, 15) is 4.79 Å². The van der Waals surface area contributed by atoms with Gasteiger partial charge in [-0.1, -0.05) is 23.8 Å². The van der Waals surface area contributed by atoms with E-state index in [1.165, 1.54) is 23.8 Å². The lowest BCUT2D eigenvalue weighted by atomic mass is 9.97. The van der Waals surface area contributed by atoms with Crippen LogP contribution in [0.4, 0.5) is 0 Å². The molecule has 0 amide bonds. The number of carbonyl (C=O) groups is 1. The number of aryl methyl sites for hydroxylation is 2. The summed E-state index contributed by atoms with van der Waals surface area (Å²) in [5.41, 5.74) is 4.01. The number of piperidine rings is 1. The van der Waals surface area contributed by atoms with E-state index in [1.54, 1.807) is 0 Å². The van der Waals surface area contributed by atoms with Crippen molar-refractivity contribution in [3.8, 4) is 0 Å². The van der Waals surface area contributed by atoms with Crippen molar-refractivity contribution in [2.45, 2.75) is 33.1 Å². The summed E-state index contributed by atoms with van der Waals surface area (Å²) in [4.78, 5) is 18.2. The highest BCUT2D eigenvalue weighted by Crippen LogP contribution is 2.18. The van der Waals surface area contributed by atoms with E-state index < -0.39 is 0 Å². The van der Waals surface area contributed by atoms with Crippen LogP contribution < -0.4 is 5.32 Å². The average molecular weight is 459 g/mol. The predicted molar refractivity (Wildman–Crippen MR) is 113 cm³/mol. The Morgan fingerprint density at radius 2 is 2.00 bits per heavy atom. The van der Waals surface area contributed by atoms with Crippen molar-refractivity contribution in [1.29, 1.82) is 0 Å². The van der Waals surface area contributed by atoms with Gasteiger partial charge in [0.05, 0.1) is 13.0 Å². The van der Waals surface area contributed by atoms with Gasteiger partial charge < -0.3 is 15.0 Å². The third kappa shape index (κ3) is 6.17. The molecule has 1 saturated heterocycles. The lowest BCUT2D eigenvalue weighted by molar-refractivity contribution is -0.146. The van der Waals surface area contributed by atoms with Crippen LogP contribution in [0.25, 0.3) is 0 Å².